The van der Waals surface area contributed by atoms with Crippen LogP contribution in [0.25, 0.3) is 0 Å². The van der Waals surface area contributed by atoms with E-state index in [1.54, 1.807) is 0 Å². The summed E-state index contributed by atoms with van der Waals surface area (Å²) >= 11 is 5.76. The number of carbonyl (C=O) groups is 1. The van der Waals surface area contributed by atoms with E-state index in [0.717, 1.165) is 11.3 Å². The van der Waals surface area contributed by atoms with Gasteiger partial charge in [-0.2, -0.15) is 0 Å². The second kappa shape index (κ2) is 6.34. The fraction of sp³-hybridized carbons (Fsp3) is 0.214. The molecule has 0 amide bonds. The van der Waals surface area contributed by atoms with E-state index in [1.807, 2.05) is 31.2 Å². The van der Waals surface area contributed by atoms with Crippen molar-refractivity contribution in [2.75, 3.05) is 6.61 Å². The fourth-order valence-electron chi connectivity index (χ4n) is 1.66. The first-order valence-electron chi connectivity index (χ1n) is 6.01. The summed E-state index contributed by atoms with van der Waals surface area (Å²) in [6.07, 6.45) is 0.384. The number of hydrogen-bond acceptors (Lipinski definition) is 4. The van der Waals surface area contributed by atoms with Crippen molar-refractivity contribution in [1.29, 1.82) is 0 Å². The van der Waals surface area contributed by atoms with Crippen LogP contribution in [0.15, 0.2) is 30.3 Å². The van der Waals surface area contributed by atoms with Crippen LogP contribution in [0.5, 0.6) is 5.75 Å². The van der Waals surface area contributed by atoms with E-state index in [4.69, 9.17) is 21.4 Å². The Kier molecular flexibility index (Phi) is 4.53. The molecule has 5 nitrogen and oxygen atoms in total. The highest BCUT2D eigenvalue weighted by atomic mass is 35.5. The lowest BCUT2D eigenvalue weighted by Gasteiger charge is -2.08. The number of aromatic nitrogens is 2. The van der Waals surface area contributed by atoms with Gasteiger partial charge in [0.25, 0.3) is 0 Å². The minimum absolute atomic E-state index is 0.114. The summed E-state index contributed by atoms with van der Waals surface area (Å²) < 4.78 is 5.61. The van der Waals surface area contributed by atoms with Crippen molar-refractivity contribution >= 4 is 17.6 Å². The number of halogens is 1. The minimum atomic E-state index is -1.13. The van der Waals surface area contributed by atoms with Crippen LogP contribution in [-0.4, -0.2) is 27.7 Å². The van der Waals surface area contributed by atoms with Crippen molar-refractivity contribution in [3.05, 3.63) is 52.6 Å². The first kappa shape index (κ1) is 14.3. The average molecular weight is 293 g/mol. The van der Waals surface area contributed by atoms with Crippen LogP contribution in [0.3, 0.4) is 0 Å². The quantitative estimate of drug-likeness (QED) is 0.858. The predicted octanol–water partition coefficient (Wildman–Crippen LogP) is 2.76. The summed E-state index contributed by atoms with van der Waals surface area (Å²) in [5.41, 5.74) is 0.918. The van der Waals surface area contributed by atoms with Crippen molar-refractivity contribution < 1.29 is 14.6 Å². The Morgan fingerprint density at radius 2 is 2.10 bits per heavy atom. The average Bonchev–Trinajstić information content (AvgIpc) is 2.40. The summed E-state index contributed by atoms with van der Waals surface area (Å²) in [5.74, 6) is 0.00634. The molecule has 0 aliphatic carbocycles. The molecular formula is C14H13ClN2O3. The normalized spacial score (nSPS) is 10.3. The standard InChI is InChI=1S/C14H13ClN2O3/c1-9-4-2-3-5-11(9)20-7-6-13-16-10(14(18)19)8-12(15)17-13/h2-5,8H,6-7H2,1H3,(H,18,19). The maximum Gasteiger partial charge on any atom is 0.354 e. The number of carboxylic acids is 1. The number of nitrogens with zero attached hydrogens (tertiary/aromatic N) is 2. The first-order chi connectivity index (χ1) is 9.56. The lowest BCUT2D eigenvalue weighted by atomic mass is 10.2. The van der Waals surface area contributed by atoms with Crippen molar-refractivity contribution in [2.24, 2.45) is 0 Å². The van der Waals surface area contributed by atoms with E-state index in [2.05, 4.69) is 9.97 Å². The molecule has 1 N–H and O–H groups in total. The van der Waals surface area contributed by atoms with Gasteiger partial charge in [-0.05, 0) is 18.6 Å². The predicted molar refractivity (Wildman–Crippen MR) is 74.4 cm³/mol. The van der Waals surface area contributed by atoms with E-state index in [-0.39, 0.29) is 10.8 Å². The molecule has 0 saturated heterocycles. The monoisotopic (exact) mass is 292 g/mol. The van der Waals surface area contributed by atoms with Gasteiger partial charge in [-0.25, -0.2) is 14.8 Å². The number of hydrogen-bond donors (Lipinski definition) is 1. The highest BCUT2D eigenvalue weighted by Crippen LogP contribution is 2.16. The van der Waals surface area contributed by atoms with E-state index in [1.165, 1.54) is 6.07 Å². The number of benzene rings is 1. The highest BCUT2D eigenvalue weighted by Gasteiger charge is 2.09. The van der Waals surface area contributed by atoms with Crippen molar-refractivity contribution in [3.8, 4) is 5.75 Å². The number of aromatic carboxylic acids is 1. The maximum absolute atomic E-state index is 10.9. The summed E-state index contributed by atoms with van der Waals surface area (Å²) in [6, 6.07) is 8.86. The molecule has 6 heteroatoms. The molecule has 0 radical (unpaired) electrons. The molecule has 0 unspecified atom stereocenters. The Labute approximate surface area is 121 Å². The number of aryl methyl sites for hydroxylation is 1. The number of ether oxygens (including phenoxy) is 1. The smallest absolute Gasteiger partial charge is 0.354 e. The highest BCUT2D eigenvalue weighted by molar-refractivity contribution is 6.29. The van der Waals surface area contributed by atoms with Gasteiger partial charge in [-0.1, -0.05) is 29.8 Å². The molecule has 0 bridgehead atoms. The molecule has 2 rings (SSSR count). The van der Waals surface area contributed by atoms with Gasteiger partial charge >= 0.3 is 5.97 Å². The minimum Gasteiger partial charge on any atom is -0.493 e. The third-order valence-corrected chi connectivity index (χ3v) is 2.83. The molecule has 104 valence electrons. The second-order valence-corrected chi connectivity index (χ2v) is 4.55. The number of para-hydroxylation sites is 1. The van der Waals surface area contributed by atoms with Crippen molar-refractivity contribution in [2.45, 2.75) is 13.3 Å². The van der Waals surface area contributed by atoms with Crippen LogP contribution < -0.4 is 4.74 Å². The van der Waals surface area contributed by atoms with E-state index >= 15 is 0 Å². The van der Waals surface area contributed by atoms with Crippen molar-refractivity contribution in [3.63, 3.8) is 0 Å². The lowest BCUT2D eigenvalue weighted by Crippen LogP contribution is -2.09. The molecular weight excluding hydrogens is 280 g/mol. The fourth-order valence-corrected chi connectivity index (χ4v) is 1.86. The van der Waals surface area contributed by atoms with E-state index in [9.17, 15) is 4.79 Å². The Hall–Kier alpha value is -2.14. The third-order valence-electron chi connectivity index (χ3n) is 2.64. The zero-order valence-corrected chi connectivity index (χ0v) is 11.6. The van der Waals surface area contributed by atoms with Crippen LogP contribution in [0, 0.1) is 6.92 Å². The Bertz CT molecular complexity index is 632. The van der Waals surface area contributed by atoms with Gasteiger partial charge in [0.15, 0.2) is 5.69 Å². The number of rotatable bonds is 5. The van der Waals surface area contributed by atoms with Gasteiger partial charge in [0.1, 0.15) is 16.7 Å². The summed E-state index contributed by atoms with van der Waals surface area (Å²) in [7, 11) is 0. The molecule has 0 atom stereocenters. The topological polar surface area (TPSA) is 72.3 Å². The largest absolute Gasteiger partial charge is 0.493 e. The van der Waals surface area contributed by atoms with Gasteiger partial charge < -0.3 is 9.84 Å². The van der Waals surface area contributed by atoms with Crippen LogP contribution in [0.4, 0.5) is 0 Å². The van der Waals surface area contributed by atoms with Gasteiger partial charge in [0.2, 0.25) is 0 Å². The van der Waals surface area contributed by atoms with E-state index in [0.29, 0.717) is 18.9 Å². The summed E-state index contributed by atoms with van der Waals surface area (Å²) in [4.78, 5) is 18.8. The van der Waals surface area contributed by atoms with Gasteiger partial charge in [-0.15, -0.1) is 0 Å². The molecule has 0 aliphatic rings. The van der Waals surface area contributed by atoms with Gasteiger partial charge in [0, 0.05) is 12.5 Å². The molecule has 1 aromatic heterocycles. The van der Waals surface area contributed by atoms with Crippen LogP contribution in [0.2, 0.25) is 5.15 Å². The lowest BCUT2D eigenvalue weighted by molar-refractivity contribution is 0.0689. The molecule has 0 spiro atoms. The maximum atomic E-state index is 10.9. The number of carboxylic acid groups (broad SMARTS) is 1. The molecule has 20 heavy (non-hydrogen) atoms. The van der Waals surface area contributed by atoms with Crippen LogP contribution in [-0.2, 0) is 6.42 Å². The first-order valence-corrected chi connectivity index (χ1v) is 6.39. The molecule has 0 aliphatic heterocycles. The van der Waals surface area contributed by atoms with Crippen LogP contribution >= 0.6 is 11.6 Å². The summed E-state index contributed by atoms with van der Waals surface area (Å²) in [5, 5.41) is 9.01. The van der Waals surface area contributed by atoms with Crippen LogP contribution in [0.1, 0.15) is 21.9 Å². The zero-order chi connectivity index (χ0) is 14.5. The zero-order valence-electron chi connectivity index (χ0n) is 10.8. The second-order valence-electron chi connectivity index (χ2n) is 4.16. The summed E-state index contributed by atoms with van der Waals surface area (Å²) in [6.45, 7) is 2.30. The van der Waals surface area contributed by atoms with Crippen molar-refractivity contribution in [1.82, 2.24) is 9.97 Å². The molecule has 0 fully saturated rings. The Balaban J connectivity index is 2.01. The third kappa shape index (κ3) is 3.68. The van der Waals surface area contributed by atoms with E-state index < -0.39 is 5.97 Å². The molecule has 0 saturated carbocycles. The molecule has 1 aromatic carbocycles. The Morgan fingerprint density at radius 1 is 1.35 bits per heavy atom. The van der Waals surface area contributed by atoms with Gasteiger partial charge in [-0.3, -0.25) is 0 Å². The molecule has 1 heterocycles. The Morgan fingerprint density at radius 3 is 2.80 bits per heavy atom. The SMILES string of the molecule is Cc1ccccc1OCCc1nc(Cl)cc(C(=O)O)n1. The molecule has 2 aromatic rings. The van der Waals surface area contributed by atoms with Gasteiger partial charge in [0.05, 0.1) is 6.61 Å².